The van der Waals surface area contributed by atoms with Crippen LogP contribution in [0.3, 0.4) is 0 Å². The molecule has 2 aromatic carbocycles. The largest absolute Gasteiger partial charge is 0.366 e. The maximum Gasteiger partial charge on any atom is 0.248 e. The van der Waals surface area contributed by atoms with Crippen LogP contribution in [0.1, 0.15) is 20.7 Å². The van der Waals surface area contributed by atoms with Crippen molar-refractivity contribution >= 4 is 56.7 Å². The summed E-state index contributed by atoms with van der Waals surface area (Å²) < 4.78 is 13.3. The van der Waals surface area contributed by atoms with Crippen LogP contribution in [0, 0.1) is 5.82 Å². The van der Waals surface area contributed by atoms with E-state index in [0.29, 0.717) is 5.03 Å². The van der Waals surface area contributed by atoms with E-state index in [1.54, 1.807) is 12.1 Å². The minimum absolute atomic E-state index is 0.00246. The Morgan fingerprint density at radius 3 is 2.30 bits per heavy atom. The number of halogens is 1. The number of nitrogens with one attached hydrogen (secondary N) is 1. The summed E-state index contributed by atoms with van der Waals surface area (Å²) in [7, 11) is 0. The number of nitrogens with two attached hydrogens (primary N) is 2. The highest BCUT2D eigenvalue weighted by molar-refractivity contribution is 8.00. The Morgan fingerprint density at radius 2 is 1.67 bits per heavy atom. The number of thioether (sulfide) groups is 1. The van der Waals surface area contributed by atoms with Gasteiger partial charge < -0.3 is 16.8 Å². The van der Waals surface area contributed by atoms with Gasteiger partial charge in [-0.15, -0.1) is 11.3 Å². The van der Waals surface area contributed by atoms with Gasteiger partial charge in [0, 0.05) is 27.8 Å². The maximum absolute atomic E-state index is 13.3. The predicted molar refractivity (Wildman–Crippen MR) is 126 cm³/mol. The van der Waals surface area contributed by atoms with Gasteiger partial charge in [0.05, 0.1) is 11.1 Å². The van der Waals surface area contributed by atoms with Gasteiger partial charge in [0.25, 0.3) is 0 Å². The number of rotatable bonds is 7. The van der Waals surface area contributed by atoms with Crippen LogP contribution in [0.5, 0.6) is 0 Å². The fraction of sp³-hybridized carbons (Fsp3) is 0.0455. The number of fused-ring (bicyclic) bond motifs is 1. The number of thiophene rings is 1. The third kappa shape index (κ3) is 4.99. The summed E-state index contributed by atoms with van der Waals surface area (Å²) in [4.78, 5) is 44.9. The van der Waals surface area contributed by atoms with Gasteiger partial charge >= 0.3 is 0 Å². The van der Waals surface area contributed by atoms with Crippen molar-refractivity contribution in [2.24, 2.45) is 11.5 Å². The van der Waals surface area contributed by atoms with Crippen LogP contribution in [-0.4, -0.2) is 33.4 Å². The topological polar surface area (TPSA) is 141 Å². The van der Waals surface area contributed by atoms with Gasteiger partial charge in [-0.25, -0.2) is 14.4 Å². The highest BCUT2D eigenvalue weighted by atomic mass is 32.2. The molecule has 5 N–H and O–H groups in total. The molecule has 0 saturated heterocycles. The van der Waals surface area contributed by atoms with E-state index in [0.717, 1.165) is 21.3 Å². The molecule has 2 heterocycles. The normalized spacial score (nSPS) is 10.8. The Bertz CT molecular complexity index is 1360. The van der Waals surface area contributed by atoms with Gasteiger partial charge in [0.2, 0.25) is 17.7 Å². The van der Waals surface area contributed by atoms with Crippen LogP contribution in [-0.2, 0) is 4.79 Å². The van der Waals surface area contributed by atoms with E-state index in [4.69, 9.17) is 11.5 Å². The number of primary amides is 2. The quantitative estimate of drug-likeness (QED) is 0.273. The first-order valence-electron chi connectivity index (χ1n) is 9.47. The van der Waals surface area contributed by atoms with E-state index in [-0.39, 0.29) is 34.3 Å². The maximum atomic E-state index is 13.3. The number of amides is 3. The average Bonchev–Trinajstić information content (AvgIpc) is 3.22. The highest BCUT2D eigenvalue weighted by Crippen LogP contribution is 2.37. The molecular formula is C22H16FN5O3S2. The number of nitrogens with zero attached hydrogens (tertiary/aromatic N) is 2. The SMILES string of the molecule is NC(=O)c1cc(NC(=O)CSc2ncnc3scc(-c4ccc(F)cc4)c23)cc(C(N)=O)c1. The zero-order valence-electron chi connectivity index (χ0n) is 16.9. The van der Waals surface area contributed by atoms with Crippen LogP contribution in [0.2, 0.25) is 0 Å². The molecule has 0 aliphatic rings. The van der Waals surface area contributed by atoms with Crippen LogP contribution in [0.4, 0.5) is 10.1 Å². The van der Waals surface area contributed by atoms with E-state index >= 15 is 0 Å². The van der Waals surface area contributed by atoms with Crippen molar-refractivity contribution < 1.29 is 18.8 Å². The molecular weight excluding hydrogens is 465 g/mol. The van der Waals surface area contributed by atoms with Gasteiger partial charge in [0.15, 0.2) is 0 Å². The van der Waals surface area contributed by atoms with E-state index in [2.05, 4.69) is 15.3 Å². The number of hydrogen-bond acceptors (Lipinski definition) is 7. The number of anilines is 1. The summed E-state index contributed by atoms with van der Waals surface area (Å²) >= 11 is 2.63. The second-order valence-electron chi connectivity index (χ2n) is 6.88. The lowest BCUT2D eigenvalue weighted by atomic mass is 10.1. The number of benzene rings is 2. The summed E-state index contributed by atoms with van der Waals surface area (Å²) in [5.74, 6) is -2.23. The van der Waals surface area contributed by atoms with Crippen LogP contribution < -0.4 is 16.8 Å². The number of hydrogen-bond donors (Lipinski definition) is 3. The van der Waals surface area contributed by atoms with Crippen LogP contribution >= 0.6 is 23.1 Å². The van der Waals surface area contributed by atoms with Gasteiger partial charge in [-0.3, -0.25) is 14.4 Å². The molecule has 0 bridgehead atoms. The zero-order valence-corrected chi connectivity index (χ0v) is 18.5. The number of carbonyl (C=O) groups is 3. The molecule has 4 rings (SSSR count). The van der Waals surface area contributed by atoms with Gasteiger partial charge in [-0.05, 0) is 35.9 Å². The van der Waals surface area contributed by atoms with E-state index in [9.17, 15) is 18.8 Å². The van der Waals surface area contributed by atoms with Crippen molar-refractivity contribution in [2.75, 3.05) is 11.1 Å². The molecule has 11 heteroatoms. The van der Waals surface area contributed by atoms with Crippen molar-refractivity contribution in [3.05, 3.63) is 71.1 Å². The molecule has 2 aromatic heterocycles. The Morgan fingerprint density at radius 1 is 1.00 bits per heavy atom. The molecule has 0 fully saturated rings. The third-order valence-electron chi connectivity index (χ3n) is 4.62. The van der Waals surface area contributed by atoms with Crippen molar-refractivity contribution in [3.8, 4) is 11.1 Å². The Hall–Kier alpha value is -3.83. The molecule has 0 aliphatic carbocycles. The summed E-state index contributed by atoms with van der Waals surface area (Å²) in [6, 6.07) is 10.1. The summed E-state index contributed by atoms with van der Waals surface area (Å²) in [5, 5.41) is 5.93. The van der Waals surface area contributed by atoms with Crippen molar-refractivity contribution in [1.82, 2.24) is 9.97 Å². The van der Waals surface area contributed by atoms with E-state index in [1.165, 1.54) is 59.8 Å². The molecule has 0 saturated carbocycles. The number of aromatic nitrogens is 2. The van der Waals surface area contributed by atoms with Crippen molar-refractivity contribution in [3.63, 3.8) is 0 Å². The smallest absolute Gasteiger partial charge is 0.248 e. The fourth-order valence-corrected chi connectivity index (χ4v) is 4.91. The van der Waals surface area contributed by atoms with Crippen LogP contribution in [0.15, 0.2) is 59.2 Å². The monoisotopic (exact) mass is 481 g/mol. The molecule has 0 aliphatic heterocycles. The second-order valence-corrected chi connectivity index (χ2v) is 8.70. The van der Waals surface area contributed by atoms with Crippen molar-refractivity contribution in [1.29, 1.82) is 0 Å². The van der Waals surface area contributed by atoms with Gasteiger partial charge in [-0.2, -0.15) is 0 Å². The molecule has 0 unspecified atom stereocenters. The minimum atomic E-state index is -0.753. The summed E-state index contributed by atoms with van der Waals surface area (Å²) in [5.41, 5.74) is 12.6. The highest BCUT2D eigenvalue weighted by Gasteiger charge is 2.16. The lowest BCUT2D eigenvalue weighted by Gasteiger charge is -2.09. The first kappa shape index (κ1) is 22.4. The van der Waals surface area contributed by atoms with E-state index < -0.39 is 11.8 Å². The number of carbonyl (C=O) groups excluding carboxylic acids is 3. The first-order chi connectivity index (χ1) is 15.8. The predicted octanol–water partition coefficient (Wildman–Crippen LogP) is 3.43. The molecule has 3 amide bonds. The Labute approximate surface area is 195 Å². The molecule has 33 heavy (non-hydrogen) atoms. The first-order valence-corrected chi connectivity index (χ1v) is 11.3. The Kier molecular flexibility index (Phi) is 6.33. The zero-order chi connectivity index (χ0) is 23.5. The average molecular weight is 482 g/mol. The van der Waals surface area contributed by atoms with Crippen LogP contribution in [0.25, 0.3) is 21.3 Å². The second kappa shape index (κ2) is 9.35. The molecule has 4 aromatic rings. The van der Waals surface area contributed by atoms with Gasteiger partial charge in [-0.1, -0.05) is 23.9 Å². The summed E-state index contributed by atoms with van der Waals surface area (Å²) in [6.45, 7) is 0. The van der Waals surface area contributed by atoms with Gasteiger partial charge in [0.1, 0.15) is 22.0 Å². The fourth-order valence-electron chi connectivity index (χ4n) is 3.11. The molecule has 166 valence electrons. The molecule has 8 nitrogen and oxygen atoms in total. The summed E-state index contributed by atoms with van der Waals surface area (Å²) in [6.07, 6.45) is 1.42. The molecule has 0 radical (unpaired) electrons. The minimum Gasteiger partial charge on any atom is -0.366 e. The molecule has 0 spiro atoms. The third-order valence-corrected chi connectivity index (χ3v) is 6.49. The lowest BCUT2D eigenvalue weighted by molar-refractivity contribution is -0.113. The van der Waals surface area contributed by atoms with E-state index in [1.807, 2.05) is 5.38 Å². The molecule has 0 atom stereocenters. The lowest BCUT2D eigenvalue weighted by Crippen LogP contribution is -2.19. The Balaban J connectivity index is 1.55. The van der Waals surface area contributed by atoms with Crippen molar-refractivity contribution in [2.45, 2.75) is 5.03 Å². The standard InChI is InChI=1S/C22H16FN5O3S2/c23-14-3-1-11(2-4-14)16-8-32-21-18(16)22(27-10-26-21)33-9-17(29)28-15-6-12(19(24)30)5-13(7-15)20(25)31/h1-8,10H,9H2,(H2,24,30)(H2,25,31)(H,28,29).